The van der Waals surface area contributed by atoms with Gasteiger partial charge in [0.1, 0.15) is 5.75 Å². The fourth-order valence-corrected chi connectivity index (χ4v) is 3.74. The Morgan fingerprint density at radius 1 is 1.29 bits per heavy atom. The Morgan fingerprint density at radius 3 is 2.62 bits per heavy atom. The lowest BCUT2D eigenvalue weighted by atomic mass is 9.96. The fourth-order valence-electron chi connectivity index (χ4n) is 2.60. The molecular formula is C17H22ClNOS. The van der Waals surface area contributed by atoms with E-state index in [1.165, 1.54) is 21.6 Å². The molecule has 1 aromatic heterocycles. The number of rotatable bonds is 6. The Hall–Kier alpha value is -1.03. The predicted molar refractivity (Wildman–Crippen MR) is 91.9 cm³/mol. The maximum absolute atomic E-state index is 6.12. The number of hydrogen-bond donors (Lipinski definition) is 1. The van der Waals surface area contributed by atoms with Crippen LogP contribution >= 0.6 is 22.9 Å². The summed E-state index contributed by atoms with van der Waals surface area (Å²) in [4.78, 5) is 1.22. The van der Waals surface area contributed by atoms with Crippen molar-refractivity contribution in [1.82, 2.24) is 5.32 Å². The first-order chi connectivity index (χ1) is 10.1. The Morgan fingerprint density at radius 2 is 2.05 bits per heavy atom. The van der Waals surface area contributed by atoms with E-state index in [0.717, 1.165) is 23.1 Å². The summed E-state index contributed by atoms with van der Waals surface area (Å²) in [5, 5.41) is 3.62. The van der Waals surface area contributed by atoms with E-state index in [0.29, 0.717) is 0 Å². The Bertz CT molecular complexity index is 609. The van der Waals surface area contributed by atoms with Gasteiger partial charge in [-0.25, -0.2) is 0 Å². The van der Waals surface area contributed by atoms with E-state index >= 15 is 0 Å². The molecule has 1 unspecified atom stereocenters. The normalized spacial score (nSPS) is 12.4. The van der Waals surface area contributed by atoms with E-state index in [1.807, 2.05) is 6.07 Å². The molecule has 0 bridgehead atoms. The highest BCUT2D eigenvalue weighted by atomic mass is 35.5. The largest absolute Gasteiger partial charge is 0.496 e. The monoisotopic (exact) mass is 323 g/mol. The molecule has 1 heterocycles. The van der Waals surface area contributed by atoms with Gasteiger partial charge < -0.3 is 10.1 Å². The van der Waals surface area contributed by atoms with Gasteiger partial charge in [-0.3, -0.25) is 0 Å². The van der Waals surface area contributed by atoms with Crippen LogP contribution in [0.15, 0.2) is 24.3 Å². The molecule has 0 saturated carbocycles. The van der Waals surface area contributed by atoms with Crippen LogP contribution < -0.4 is 10.1 Å². The second-order valence-electron chi connectivity index (χ2n) is 5.23. The molecule has 0 radical (unpaired) electrons. The van der Waals surface area contributed by atoms with Crippen LogP contribution in [0.1, 0.15) is 41.0 Å². The Kier molecular flexibility index (Phi) is 5.68. The number of aryl methyl sites for hydroxylation is 2. The standard InChI is InChI=1S/C17H22ClNOS/c1-5-8-19-17(14-6-7-15(18)21-14)16-12(3)9-11(2)10-13(16)20-4/h6-7,9-10,17,19H,5,8H2,1-4H3. The van der Waals surface area contributed by atoms with Crippen LogP contribution in [0.3, 0.4) is 0 Å². The topological polar surface area (TPSA) is 21.3 Å². The van der Waals surface area contributed by atoms with Gasteiger partial charge in [-0.2, -0.15) is 0 Å². The smallest absolute Gasteiger partial charge is 0.124 e. The van der Waals surface area contributed by atoms with Crippen molar-refractivity contribution in [1.29, 1.82) is 0 Å². The summed E-state index contributed by atoms with van der Waals surface area (Å²) in [7, 11) is 1.73. The first-order valence-corrected chi connectivity index (χ1v) is 8.40. The van der Waals surface area contributed by atoms with Crippen molar-refractivity contribution < 1.29 is 4.74 Å². The van der Waals surface area contributed by atoms with E-state index in [4.69, 9.17) is 16.3 Å². The molecule has 21 heavy (non-hydrogen) atoms. The number of thiophene rings is 1. The lowest BCUT2D eigenvalue weighted by molar-refractivity contribution is 0.403. The number of benzene rings is 1. The fraction of sp³-hybridized carbons (Fsp3) is 0.412. The van der Waals surface area contributed by atoms with E-state index in [-0.39, 0.29) is 6.04 Å². The maximum Gasteiger partial charge on any atom is 0.124 e. The minimum absolute atomic E-state index is 0.123. The molecule has 0 aliphatic heterocycles. The van der Waals surface area contributed by atoms with Gasteiger partial charge in [0.25, 0.3) is 0 Å². The highest BCUT2D eigenvalue weighted by molar-refractivity contribution is 7.16. The third-order valence-corrected chi connectivity index (χ3v) is 4.77. The molecule has 114 valence electrons. The predicted octanol–water partition coefficient (Wildman–Crippen LogP) is 5.12. The molecular weight excluding hydrogens is 302 g/mol. The number of hydrogen-bond acceptors (Lipinski definition) is 3. The van der Waals surface area contributed by atoms with Crippen molar-refractivity contribution >= 4 is 22.9 Å². The van der Waals surface area contributed by atoms with Crippen LogP contribution in [-0.2, 0) is 0 Å². The Balaban J connectivity index is 2.50. The zero-order chi connectivity index (χ0) is 15.4. The van der Waals surface area contributed by atoms with Crippen LogP contribution in [0, 0.1) is 13.8 Å². The first kappa shape index (κ1) is 16.3. The van der Waals surface area contributed by atoms with Crippen LogP contribution in [-0.4, -0.2) is 13.7 Å². The van der Waals surface area contributed by atoms with Crippen LogP contribution in [0.25, 0.3) is 0 Å². The number of halogens is 1. The van der Waals surface area contributed by atoms with Gasteiger partial charge in [0.15, 0.2) is 0 Å². The summed E-state index contributed by atoms with van der Waals surface area (Å²) in [5.74, 6) is 0.936. The second-order valence-corrected chi connectivity index (χ2v) is 6.97. The quantitative estimate of drug-likeness (QED) is 0.797. The summed E-state index contributed by atoms with van der Waals surface area (Å²) in [6.45, 7) is 7.36. The minimum atomic E-state index is 0.123. The minimum Gasteiger partial charge on any atom is -0.496 e. The average molecular weight is 324 g/mol. The van der Waals surface area contributed by atoms with Crippen LogP contribution in [0.5, 0.6) is 5.75 Å². The average Bonchev–Trinajstić information content (AvgIpc) is 2.87. The van der Waals surface area contributed by atoms with E-state index < -0.39 is 0 Å². The number of methoxy groups -OCH3 is 1. The molecule has 4 heteroatoms. The molecule has 0 spiro atoms. The second kappa shape index (κ2) is 7.30. The van der Waals surface area contributed by atoms with Crippen LogP contribution in [0.2, 0.25) is 4.34 Å². The summed E-state index contributed by atoms with van der Waals surface area (Å²) >= 11 is 7.74. The number of nitrogens with one attached hydrogen (secondary N) is 1. The van der Waals surface area contributed by atoms with Gasteiger partial charge in [-0.1, -0.05) is 24.6 Å². The van der Waals surface area contributed by atoms with Crippen molar-refractivity contribution in [2.24, 2.45) is 0 Å². The van der Waals surface area contributed by atoms with Gasteiger partial charge in [0.2, 0.25) is 0 Å². The molecule has 1 N–H and O–H groups in total. The molecule has 0 saturated heterocycles. The molecule has 2 rings (SSSR count). The molecule has 1 aromatic carbocycles. The van der Waals surface area contributed by atoms with E-state index in [2.05, 4.69) is 44.3 Å². The summed E-state index contributed by atoms with van der Waals surface area (Å²) in [6, 6.07) is 8.47. The van der Waals surface area contributed by atoms with Gasteiger partial charge in [-0.15, -0.1) is 11.3 Å². The number of ether oxygens (including phenoxy) is 1. The highest BCUT2D eigenvalue weighted by Crippen LogP contribution is 2.37. The molecule has 0 aliphatic rings. The van der Waals surface area contributed by atoms with Gasteiger partial charge >= 0.3 is 0 Å². The lowest BCUT2D eigenvalue weighted by Gasteiger charge is -2.23. The highest BCUT2D eigenvalue weighted by Gasteiger charge is 2.21. The molecule has 0 amide bonds. The van der Waals surface area contributed by atoms with Crippen molar-refractivity contribution in [3.63, 3.8) is 0 Å². The first-order valence-electron chi connectivity index (χ1n) is 7.20. The summed E-state index contributed by atoms with van der Waals surface area (Å²) < 4.78 is 6.44. The van der Waals surface area contributed by atoms with Crippen molar-refractivity contribution in [2.75, 3.05) is 13.7 Å². The Labute approximate surface area is 136 Å². The van der Waals surface area contributed by atoms with Gasteiger partial charge in [-0.05, 0) is 56.1 Å². The van der Waals surface area contributed by atoms with Crippen molar-refractivity contribution in [2.45, 2.75) is 33.2 Å². The zero-order valence-electron chi connectivity index (χ0n) is 13.0. The molecule has 0 aliphatic carbocycles. The zero-order valence-corrected chi connectivity index (χ0v) is 14.6. The van der Waals surface area contributed by atoms with E-state index in [9.17, 15) is 0 Å². The molecule has 2 aromatic rings. The molecule has 1 atom stereocenters. The van der Waals surface area contributed by atoms with Gasteiger partial charge in [0, 0.05) is 10.4 Å². The SMILES string of the molecule is CCCNC(c1ccc(Cl)s1)c1c(C)cc(C)cc1OC. The van der Waals surface area contributed by atoms with Crippen molar-refractivity contribution in [3.8, 4) is 5.75 Å². The molecule has 0 fully saturated rings. The summed E-state index contributed by atoms with van der Waals surface area (Å²) in [5.41, 5.74) is 3.66. The third-order valence-electron chi connectivity index (χ3n) is 3.48. The maximum atomic E-state index is 6.12. The van der Waals surface area contributed by atoms with Crippen molar-refractivity contribution in [3.05, 3.63) is 50.2 Å². The third kappa shape index (κ3) is 3.79. The lowest BCUT2D eigenvalue weighted by Crippen LogP contribution is -2.23. The van der Waals surface area contributed by atoms with Gasteiger partial charge in [0.05, 0.1) is 17.5 Å². The summed E-state index contributed by atoms with van der Waals surface area (Å²) in [6.07, 6.45) is 1.09. The van der Waals surface area contributed by atoms with Crippen LogP contribution in [0.4, 0.5) is 0 Å². The van der Waals surface area contributed by atoms with E-state index in [1.54, 1.807) is 18.4 Å². The molecule has 2 nitrogen and oxygen atoms in total.